The Hall–Kier alpha value is -0.980. The Bertz CT molecular complexity index is 613. The van der Waals surface area contributed by atoms with Crippen LogP contribution in [0.4, 0.5) is 4.39 Å². The van der Waals surface area contributed by atoms with Gasteiger partial charge in [-0.15, -0.1) is 0 Å². The monoisotopic (exact) mass is 315 g/mol. The van der Waals surface area contributed by atoms with Crippen LogP contribution in [0.2, 0.25) is 0 Å². The molecule has 2 rings (SSSR count). The molecule has 1 aromatic rings. The molecule has 0 aliphatic carbocycles. The lowest BCUT2D eigenvalue weighted by atomic mass is 9.89. The van der Waals surface area contributed by atoms with E-state index >= 15 is 0 Å². The minimum atomic E-state index is -3.30. The standard InChI is InChI=1S/C15H22FNO3S/c1-15(2,6-7-18)10-17-13-5-8-21(19,20)14-4-3-11(16)9-12(13)14/h3-4,9,13,17-18H,5-8,10H2,1-2H3. The lowest BCUT2D eigenvalue weighted by Crippen LogP contribution is -2.36. The fourth-order valence-electron chi connectivity index (χ4n) is 2.62. The second-order valence-corrected chi connectivity index (χ2v) is 8.44. The van der Waals surface area contributed by atoms with E-state index in [9.17, 15) is 12.8 Å². The van der Waals surface area contributed by atoms with Crippen molar-refractivity contribution >= 4 is 9.84 Å². The molecule has 1 unspecified atom stereocenters. The van der Waals surface area contributed by atoms with Crippen LogP contribution in [0.1, 0.15) is 38.3 Å². The maximum absolute atomic E-state index is 13.5. The number of rotatable bonds is 5. The molecule has 1 aliphatic rings. The molecule has 118 valence electrons. The van der Waals surface area contributed by atoms with E-state index in [1.807, 2.05) is 13.8 Å². The summed E-state index contributed by atoms with van der Waals surface area (Å²) in [6.45, 7) is 4.80. The van der Waals surface area contributed by atoms with Crippen LogP contribution in [0, 0.1) is 11.2 Å². The lowest BCUT2D eigenvalue weighted by molar-refractivity contribution is 0.202. The van der Waals surface area contributed by atoms with E-state index in [1.54, 1.807) is 0 Å². The van der Waals surface area contributed by atoms with Crippen LogP contribution in [0.25, 0.3) is 0 Å². The number of sulfone groups is 1. The van der Waals surface area contributed by atoms with E-state index in [-0.39, 0.29) is 28.7 Å². The molecule has 0 fully saturated rings. The van der Waals surface area contributed by atoms with E-state index in [0.717, 1.165) is 0 Å². The SMILES string of the molecule is CC(C)(CCO)CNC1CCS(=O)(=O)c2ccc(F)cc21. The van der Waals surface area contributed by atoms with Crippen molar-refractivity contribution in [1.29, 1.82) is 0 Å². The van der Waals surface area contributed by atoms with Gasteiger partial charge in [-0.2, -0.15) is 0 Å². The number of benzene rings is 1. The summed E-state index contributed by atoms with van der Waals surface area (Å²) >= 11 is 0. The smallest absolute Gasteiger partial charge is 0.178 e. The van der Waals surface area contributed by atoms with Gasteiger partial charge in [0.15, 0.2) is 9.84 Å². The Morgan fingerprint density at radius 1 is 1.43 bits per heavy atom. The first kappa shape index (κ1) is 16.4. The Morgan fingerprint density at radius 3 is 2.81 bits per heavy atom. The van der Waals surface area contributed by atoms with Crippen molar-refractivity contribution in [3.63, 3.8) is 0 Å². The third-order valence-corrected chi connectivity index (χ3v) is 5.79. The highest BCUT2D eigenvalue weighted by molar-refractivity contribution is 7.91. The van der Waals surface area contributed by atoms with Gasteiger partial charge in [0.05, 0.1) is 10.6 Å². The van der Waals surface area contributed by atoms with Crippen LogP contribution in [0.5, 0.6) is 0 Å². The first-order chi connectivity index (χ1) is 9.75. The van der Waals surface area contributed by atoms with Gasteiger partial charge in [0.25, 0.3) is 0 Å². The van der Waals surface area contributed by atoms with Crippen molar-refractivity contribution in [1.82, 2.24) is 5.32 Å². The Labute approximate surface area is 125 Å². The first-order valence-electron chi connectivity index (χ1n) is 7.12. The average molecular weight is 315 g/mol. The minimum Gasteiger partial charge on any atom is -0.396 e. The molecule has 0 saturated heterocycles. The van der Waals surface area contributed by atoms with Gasteiger partial charge in [0.2, 0.25) is 0 Å². The fraction of sp³-hybridized carbons (Fsp3) is 0.600. The highest BCUT2D eigenvalue weighted by atomic mass is 32.2. The zero-order valence-corrected chi connectivity index (χ0v) is 13.2. The number of aliphatic hydroxyl groups is 1. The van der Waals surface area contributed by atoms with Gasteiger partial charge < -0.3 is 10.4 Å². The normalized spacial score (nSPS) is 21.0. The molecular weight excluding hydrogens is 293 g/mol. The second-order valence-electron chi connectivity index (χ2n) is 6.36. The van der Waals surface area contributed by atoms with Crippen LogP contribution < -0.4 is 5.32 Å². The van der Waals surface area contributed by atoms with Gasteiger partial charge >= 0.3 is 0 Å². The molecule has 1 aromatic carbocycles. The van der Waals surface area contributed by atoms with E-state index in [2.05, 4.69) is 5.32 Å². The van der Waals surface area contributed by atoms with E-state index in [4.69, 9.17) is 5.11 Å². The van der Waals surface area contributed by atoms with Gasteiger partial charge in [-0.3, -0.25) is 0 Å². The molecule has 21 heavy (non-hydrogen) atoms. The molecule has 0 radical (unpaired) electrons. The summed E-state index contributed by atoms with van der Waals surface area (Å²) in [5.74, 6) is -0.351. The second kappa shape index (κ2) is 6.02. The number of halogens is 1. The van der Waals surface area contributed by atoms with Crippen molar-refractivity contribution in [2.45, 2.75) is 37.6 Å². The fourth-order valence-corrected chi connectivity index (χ4v) is 4.22. The van der Waals surface area contributed by atoms with Crippen molar-refractivity contribution in [2.24, 2.45) is 5.41 Å². The van der Waals surface area contributed by atoms with Gasteiger partial charge in [-0.25, -0.2) is 12.8 Å². The van der Waals surface area contributed by atoms with Gasteiger partial charge in [-0.1, -0.05) is 13.8 Å². The maximum atomic E-state index is 13.5. The third-order valence-electron chi connectivity index (χ3n) is 3.97. The highest BCUT2D eigenvalue weighted by Gasteiger charge is 2.31. The number of hydrogen-bond donors (Lipinski definition) is 2. The van der Waals surface area contributed by atoms with Crippen LogP contribution in [-0.2, 0) is 9.84 Å². The molecule has 6 heteroatoms. The molecule has 0 amide bonds. The molecule has 1 heterocycles. The molecule has 1 aliphatic heterocycles. The van der Waals surface area contributed by atoms with Gasteiger partial charge in [0, 0.05) is 19.2 Å². The quantitative estimate of drug-likeness (QED) is 0.816. The summed E-state index contributed by atoms with van der Waals surface area (Å²) in [5.41, 5.74) is 0.416. The first-order valence-corrected chi connectivity index (χ1v) is 8.77. The number of hydrogen-bond acceptors (Lipinski definition) is 4. The molecule has 0 aromatic heterocycles. The van der Waals surface area contributed by atoms with Crippen LogP contribution in [0.15, 0.2) is 23.1 Å². The average Bonchev–Trinajstić information content (AvgIpc) is 2.37. The number of fused-ring (bicyclic) bond motifs is 1. The van der Waals surface area contributed by atoms with E-state index in [1.165, 1.54) is 18.2 Å². The van der Waals surface area contributed by atoms with Gasteiger partial charge in [-0.05, 0) is 42.0 Å². The van der Waals surface area contributed by atoms with Crippen molar-refractivity contribution in [3.05, 3.63) is 29.6 Å². The zero-order valence-electron chi connectivity index (χ0n) is 12.4. The number of nitrogens with one attached hydrogen (secondary N) is 1. The summed E-state index contributed by atoms with van der Waals surface area (Å²) in [5, 5.41) is 12.4. The largest absolute Gasteiger partial charge is 0.396 e. The van der Waals surface area contributed by atoms with Crippen LogP contribution in [-0.4, -0.2) is 32.4 Å². The molecule has 1 atom stereocenters. The van der Waals surface area contributed by atoms with Gasteiger partial charge in [0.1, 0.15) is 5.82 Å². The predicted octanol–water partition coefficient (Wildman–Crippen LogP) is 2.04. The Morgan fingerprint density at radius 2 is 2.14 bits per heavy atom. The summed E-state index contributed by atoms with van der Waals surface area (Å²) in [6.07, 6.45) is 1.09. The molecule has 0 saturated carbocycles. The summed E-state index contributed by atoms with van der Waals surface area (Å²) in [4.78, 5) is 0.229. The highest BCUT2D eigenvalue weighted by Crippen LogP contribution is 2.33. The van der Waals surface area contributed by atoms with Crippen LogP contribution >= 0.6 is 0 Å². The Kier molecular flexibility index (Phi) is 4.70. The lowest BCUT2D eigenvalue weighted by Gasteiger charge is -2.31. The molecule has 0 spiro atoms. The summed E-state index contributed by atoms with van der Waals surface area (Å²) in [6, 6.07) is 3.68. The molecule has 0 bridgehead atoms. The third kappa shape index (κ3) is 3.81. The van der Waals surface area contributed by atoms with E-state index in [0.29, 0.717) is 24.9 Å². The predicted molar refractivity (Wildman–Crippen MR) is 79.3 cm³/mol. The molecule has 4 nitrogen and oxygen atoms in total. The zero-order chi connectivity index (χ0) is 15.7. The van der Waals surface area contributed by atoms with Crippen molar-refractivity contribution < 1.29 is 17.9 Å². The number of aliphatic hydroxyl groups excluding tert-OH is 1. The molecular formula is C15H22FNO3S. The molecule has 2 N–H and O–H groups in total. The summed E-state index contributed by atoms with van der Waals surface area (Å²) < 4.78 is 37.6. The van der Waals surface area contributed by atoms with Crippen molar-refractivity contribution in [3.8, 4) is 0 Å². The van der Waals surface area contributed by atoms with E-state index < -0.39 is 15.7 Å². The van der Waals surface area contributed by atoms with Crippen LogP contribution in [0.3, 0.4) is 0 Å². The topological polar surface area (TPSA) is 66.4 Å². The maximum Gasteiger partial charge on any atom is 0.178 e. The van der Waals surface area contributed by atoms with Crippen molar-refractivity contribution in [2.75, 3.05) is 18.9 Å². The minimum absolute atomic E-state index is 0.0731. The summed E-state index contributed by atoms with van der Waals surface area (Å²) in [7, 11) is -3.30. The Balaban J connectivity index is 2.22.